The Bertz CT molecular complexity index is 839. The molecule has 3 aliphatic heterocycles. The molecule has 1 amide bonds. The van der Waals surface area contributed by atoms with E-state index >= 15 is 0 Å². The van der Waals surface area contributed by atoms with Crippen LogP contribution < -0.4 is 10.6 Å². The molecule has 2 atom stereocenters. The molecule has 3 saturated heterocycles. The topological polar surface area (TPSA) is 104 Å². The molecule has 3 aliphatic rings. The molecule has 2 aromatic heterocycles. The van der Waals surface area contributed by atoms with Gasteiger partial charge in [-0.1, -0.05) is 11.6 Å². The lowest BCUT2D eigenvalue weighted by molar-refractivity contribution is -0.139. The third-order valence-corrected chi connectivity index (χ3v) is 5.07. The second-order valence-electron chi connectivity index (χ2n) is 7.11. The lowest BCUT2D eigenvalue weighted by Gasteiger charge is -2.35. The van der Waals surface area contributed by atoms with Crippen LogP contribution in [0.4, 0.5) is 11.8 Å². The Hall–Kier alpha value is -2.64. The summed E-state index contributed by atoms with van der Waals surface area (Å²) in [5.41, 5.74) is 8.43. The summed E-state index contributed by atoms with van der Waals surface area (Å²) in [5.74, 6) is 1.20. The van der Waals surface area contributed by atoms with E-state index in [2.05, 4.69) is 44.8 Å². The molecular weight excluding hydrogens is 318 g/mol. The number of nitrogen functional groups attached to an aromatic ring is 1. The maximum Gasteiger partial charge on any atom is 0.228 e. The van der Waals surface area contributed by atoms with E-state index in [1.54, 1.807) is 6.33 Å². The fraction of sp³-hybridized carbons (Fsp3) is 0.529. The van der Waals surface area contributed by atoms with Gasteiger partial charge in [0.15, 0.2) is 11.5 Å². The Morgan fingerprint density at radius 1 is 1.36 bits per heavy atom. The lowest BCUT2D eigenvalue weighted by Crippen LogP contribution is -2.47. The first-order valence-electron chi connectivity index (χ1n) is 8.68. The maximum absolute atomic E-state index is 12.9. The first kappa shape index (κ1) is 15.9. The number of fused-ring (bicyclic) bond motifs is 5. The van der Waals surface area contributed by atoms with Crippen LogP contribution in [0.15, 0.2) is 18.0 Å². The van der Waals surface area contributed by atoms with Gasteiger partial charge in [0.25, 0.3) is 0 Å². The standard InChI is InChI=1S/C17H23N7O/c1-10(2)5-6-24-12-4-3-11(16(24)25)7-23(8-12)15-13-14(20-9-19-13)21-17(18)22-15/h5,9,11-12H,3-4,6-8H2,1-2H3,(H3,18,19,20,21,22)/t11-,12+/m0/s1. The Morgan fingerprint density at radius 2 is 2.20 bits per heavy atom. The van der Waals surface area contributed by atoms with Crippen LogP contribution in [-0.2, 0) is 4.79 Å². The van der Waals surface area contributed by atoms with Gasteiger partial charge in [-0.05, 0) is 26.7 Å². The van der Waals surface area contributed by atoms with Gasteiger partial charge < -0.3 is 20.5 Å². The predicted molar refractivity (Wildman–Crippen MR) is 96.0 cm³/mol. The second kappa shape index (κ2) is 6.02. The number of hydrogen-bond acceptors (Lipinski definition) is 6. The van der Waals surface area contributed by atoms with Gasteiger partial charge in [0.2, 0.25) is 11.9 Å². The van der Waals surface area contributed by atoms with Crippen molar-refractivity contribution in [2.45, 2.75) is 32.7 Å². The van der Waals surface area contributed by atoms with E-state index < -0.39 is 0 Å². The minimum atomic E-state index is -0.00141. The molecule has 0 unspecified atom stereocenters. The molecule has 0 aliphatic carbocycles. The molecule has 0 saturated carbocycles. The van der Waals surface area contributed by atoms with Gasteiger partial charge in [-0.15, -0.1) is 0 Å². The van der Waals surface area contributed by atoms with Gasteiger partial charge in [-0.3, -0.25) is 4.79 Å². The third kappa shape index (κ3) is 2.81. The molecule has 0 radical (unpaired) electrons. The second-order valence-corrected chi connectivity index (χ2v) is 7.11. The quantitative estimate of drug-likeness (QED) is 0.816. The zero-order chi connectivity index (χ0) is 17.6. The summed E-state index contributed by atoms with van der Waals surface area (Å²) < 4.78 is 0. The monoisotopic (exact) mass is 341 g/mol. The number of carbonyl (C=O) groups excluding carboxylic acids is 1. The first-order valence-corrected chi connectivity index (χ1v) is 8.68. The van der Waals surface area contributed by atoms with Crippen molar-refractivity contribution in [2.75, 3.05) is 30.3 Å². The van der Waals surface area contributed by atoms with Crippen LogP contribution in [-0.4, -0.2) is 56.4 Å². The van der Waals surface area contributed by atoms with Crippen molar-refractivity contribution in [1.82, 2.24) is 24.8 Å². The number of imidazole rings is 1. The van der Waals surface area contributed by atoms with E-state index in [0.29, 0.717) is 18.7 Å². The van der Waals surface area contributed by atoms with E-state index in [9.17, 15) is 4.79 Å². The van der Waals surface area contributed by atoms with E-state index in [1.165, 1.54) is 5.57 Å². The van der Waals surface area contributed by atoms with Crippen LogP contribution >= 0.6 is 0 Å². The molecule has 3 N–H and O–H groups in total. The zero-order valence-electron chi connectivity index (χ0n) is 14.6. The molecule has 8 nitrogen and oxygen atoms in total. The zero-order valence-corrected chi connectivity index (χ0v) is 14.6. The van der Waals surface area contributed by atoms with Gasteiger partial charge in [-0.2, -0.15) is 9.97 Å². The molecule has 3 fully saturated rings. The first-order chi connectivity index (χ1) is 12.0. The van der Waals surface area contributed by atoms with Crippen LogP contribution in [0.1, 0.15) is 26.7 Å². The molecule has 25 heavy (non-hydrogen) atoms. The average molecular weight is 341 g/mol. The highest BCUT2D eigenvalue weighted by Gasteiger charge is 2.41. The molecular formula is C17H23N7O. The van der Waals surface area contributed by atoms with Crippen LogP contribution in [0, 0.1) is 5.92 Å². The lowest BCUT2D eigenvalue weighted by atomic mass is 9.94. The fourth-order valence-corrected chi connectivity index (χ4v) is 3.80. The number of nitrogens with two attached hydrogens (primary N) is 1. The summed E-state index contributed by atoms with van der Waals surface area (Å²) in [7, 11) is 0. The van der Waals surface area contributed by atoms with Gasteiger partial charge in [0.1, 0.15) is 5.52 Å². The van der Waals surface area contributed by atoms with Crippen molar-refractivity contribution < 1.29 is 4.79 Å². The van der Waals surface area contributed by atoms with E-state index in [1.807, 2.05) is 4.90 Å². The number of allylic oxidation sites excluding steroid dienone is 1. The van der Waals surface area contributed by atoms with Crippen molar-refractivity contribution in [3.05, 3.63) is 18.0 Å². The van der Waals surface area contributed by atoms with Gasteiger partial charge in [-0.25, -0.2) is 4.98 Å². The number of hydrogen-bond donors (Lipinski definition) is 2. The van der Waals surface area contributed by atoms with Gasteiger partial charge >= 0.3 is 0 Å². The number of piperidine rings is 1. The van der Waals surface area contributed by atoms with Crippen LogP contribution in [0.25, 0.3) is 11.2 Å². The van der Waals surface area contributed by atoms with Gasteiger partial charge in [0.05, 0.1) is 12.2 Å². The number of amides is 1. The summed E-state index contributed by atoms with van der Waals surface area (Å²) in [6.07, 6.45) is 5.67. The number of nitrogens with zero attached hydrogens (tertiary/aromatic N) is 5. The molecule has 2 aromatic rings. The summed E-state index contributed by atoms with van der Waals surface area (Å²) >= 11 is 0. The van der Waals surface area contributed by atoms with E-state index in [0.717, 1.165) is 30.7 Å². The smallest absolute Gasteiger partial charge is 0.228 e. The normalized spacial score (nSPS) is 23.2. The van der Waals surface area contributed by atoms with E-state index in [4.69, 9.17) is 5.73 Å². The Morgan fingerprint density at radius 3 is 3.00 bits per heavy atom. The number of aromatic nitrogens is 4. The highest BCUT2D eigenvalue weighted by Crippen LogP contribution is 2.33. The molecule has 0 spiro atoms. The number of aromatic amines is 1. The summed E-state index contributed by atoms with van der Waals surface area (Å²) in [5, 5.41) is 0. The molecule has 132 valence electrons. The number of anilines is 2. The van der Waals surface area contributed by atoms with Crippen LogP contribution in [0.5, 0.6) is 0 Å². The van der Waals surface area contributed by atoms with Crippen molar-refractivity contribution in [3.8, 4) is 0 Å². The van der Waals surface area contributed by atoms with Crippen molar-refractivity contribution in [1.29, 1.82) is 0 Å². The largest absolute Gasteiger partial charge is 0.368 e. The Kier molecular flexibility index (Phi) is 3.82. The molecule has 0 aromatic carbocycles. The SMILES string of the molecule is CC(C)=CCN1C(=O)[C@H]2CC[C@@H]1CN(c1nc(N)nc3nc[nH]c13)C2. The number of carbonyl (C=O) groups is 1. The number of rotatable bonds is 3. The third-order valence-electron chi connectivity index (χ3n) is 5.07. The number of nitrogens with one attached hydrogen (secondary N) is 1. The highest BCUT2D eigenvalue weighted by atomic mass is 16.2. The van der Waals surface area contributed by atoms with Crippen LogP contribution in [0.2, 0.25) is 0 Å². The van der Waals surface area contributed by atoms with Crippen molar-refractivity contribution >= 4 is 28.8 Å². The minimum absolute atomic E-state index is 0.00141. The average Bonchev–Trinajstić information content (AvgIpc) is 2.86. The predicted octanol–water partition coefficient (Wildman–Crippen LogP) is 1.33. The van der Waals surface area contributed by atoms with Crippen LogP contribution in [0.3, 0.4) is 0 Å². The Labute approximate surface area is 146 Å². The van der Waals surface area contributed by atoms with Crippen molar-refractivity contribution in [3.63, 3.8) is 0 Å². The molecule has 5 heterocycles. The van der Waals surface area contributed by atoms with Gasteiger partial charge in [0, 0.05) is 25.7 Å². The molecule has 8 heteroatoms. The van der Waals surface area contributed by atoms with Crippen molar-refractivity contribution in [2.24, 2.45) is 5.92 Å². The van der Waals surface area contributed by atoms with E-state index in [-0.39, 0.29) is 23.8 Å². The number of H-pyrrole nitrogens is 1. The summed E-state index contributed by atoms with van der Waals surface area (Å²) in [6, 6.07) is 0.191. The summed E-state index contributed by atoms with van der Waals surface area (Å²) in [4.78, 5) is 33.0. The minimum Gasteiger partial charge on any atom is -0.368 e. The molecule has 2 bridgehead atoms. The maximum atomic E-state index is 12.9. The fourth-order valence-electron chi connectivity index (χ4n) is 3.80. The highest BCUT2D eigenvalue weighted by molar-refractivity contribution is 5.86. The molecule has 5 rings (SSSR count). The Balaban J connectivity index is 1.68. The summed E-state index contributed by atoms with van der Waals surface area (Å²) in [6.45, 7) is 6.22.